The zero-order valence-electron chi connectivity index (χ0n) is 12.7. The number of thiazole rings is 1. The standard InChI is InChI=1S/C17H23N3OS/c21-16-5-7-20(8-6-16)12-15-4-2-1-3-14(15)9-18-10-17-11-19-13-22-17/h1-4,11,13,16,18,21H,5-10,12H2. The maximum Gasteiger partial charge on any atom is 0.0794 e. The molecule has 0 atom stereocenters. The predicted octanol–water partition coefficient (Wildman–Crippen LogP) is 2.39. The quantitative estimate of drug-likeness (QED) is 0.859. The van der Waals surface area contributed by atoms with Gasteiger partial charge in [0.2, 0.25) is 0 Å². The van der Waals surface area contributed by atoms with Gasteiger partial charge in [-0.25, -0.2) is 0 Å². The summed E-state index contributed by atoms with van der Waals surface area (Å²) in [6.45, 7) is 4.71. The summed E-state index contributed by atoms with van der Waals surface area (Å²) < 4.78 is 0. The van der Waals surface area contributed by atoms with E-state index in [0.717, 1.165) is 45.6 Å². The summed E-state index contributed by atoms with van der Waals surface area (Å²) in [6, 6.07) is 8.64. The molecule has 0 amide bonds. The fourth-order valence-electron chi connectivity index (χ4n) is 2.85. The molecule has 3 rings (SSSR count). The van der Waals surface area contributed by atoms with Gasteiger partial charge in [-0.2, -0.15) is 0 Å². The van der Waals surface area contributed by atoms with Crippen molar-refractivity contribution in [3.05, 3.63) is 52.0 Å². The molecule has 0 unspecified atom stereocenters. The van der Waals surface area contributed by atoms with Gasteiger partial charge in [0.25, 0.3) is 0 Å². The predicted molar refractivity (Wildman–Crippen MR) is 89.6 cm³/mol. The van der Waals surface area contributed by atoms with Crippen molar-refractivity contribution in [3.63, 3.8) is 0 Å². The van der Waals surface area contributed by atoms with Crippen LogP contribution in [0, 0.1) is 0 Å². The second kappa shape index (κ2) is 7.83. The monoisotopic (exact) mass is 317 g/mol. The highest BCUT2D eigenvalue weighted by Gasteiger charge is 2.17. The number of aromatic nitrogens is 1. The van der Waals surface area contributed by atoms with Gasteiger partial charge in [0.1, 0.15) is 0 Å². The first-order chi connectivity index (χ1) is 10.8. The van der Waals surface area contributed by atoms with E-state index in [1.165, 1.54) is 16.0 Å². The summed E-state index contributed by atoms with van der Waals surface area (Å²) in [6.07, 6.45) is 3.60. The van der Waals surface area contributed by atoms with Crippen molar-refractivity contribution in [2.24, 2.45) is 0 Å². The summed E-state index contributed by atoms with van der Waals surface area (Å²) in [5.74, 6) is 0. The van der Waals surface area contributed by atoms with Crippen LogP contribution in [-0.4, -0.2) is 34.2 Å². The smallest absolute Gasteiger partial charge is 0.0794 e. The van der Waals surface area contributed by atoms with E-state index < -0.39 is 0 Å². The van der Waals surface area contributed by atoms with Gasteiger partial charge in [-0.15, -0.1) is 11.3 Å². The van der Waals surface area contributed by atoms with Crippen LogP contribution in [0.1, 0.15) is 28.8 Å². The lowest BCUT2D eigenvalue weighted by Gasteiger charge is -2.30. The molecule has 0 saturated carbocycles. The zero-order valence-corrected chi connectivity index (χ0v) is 13.6. The minimum Gasteiger partial charge on any atom is -0.393 e. The number of benzene rings is 1. The first kappa shape index (κ1) is 15.6. The van der Waals surface area contributed by atoms with Crippen LogP contribution < -0.4 is 5.32 Å². The van der Waals surface area contributed by atoms with Crippen molar-refractivity contribution in [1.82, 2.24) is 15.2 Å². The third kappa shape index (κ3) is 4.36. The van der Waals surface area contributed by atoms with Crippen LogP contribution in [0.2, 0.25) is 0 Å². The molecule has 2 heterocycles. The molecular weight excluding hydrogens is 294 g/mol. The SMILES string of the molecule is OC1CCN(Cc2ccccc2CNCc2cncs2)CC1. The van der Waals surface area contributed by atoms with Crippen molar-refractivity contribution in [1.29, 1.82) is 0 Å². The highest BCUT2D eigenvalue weighted by Crippen LogP contribution is 2.17. The maximum absolute atomic E-state index is 9.61. The minimum atomic E-state index is -0.104. The Balaban J connectivity index is 1.55. The van der Waals surface area contributed by atoms with Crippen molar-refractivity contribution in [2.45, 2.75) is 38.6 Å². The molecule has 0 aliphatic carbocycles. The third-order valence-corrected chi connectivity index (χ3v) is 4.95. The van der Waals surface area contributed by atoms with Crippen molar-refractivity contribution in [3.8, 4) is 0 Å². The number of nitrogens with zero attached hydrogens (tertiary/aromatic N) is 2. The van der Waals surface area contributed by atoms with Gasteiger partial charge >= 0.3 is 0 Å². The Morgan fingerprint density at radius 3 is 2.68 bits per heavy atom. The molecule has 22 heavy (non-hydrogen) atoms. The molecule has 0 radical (unpaired) electrons. The van der Waals surface area contributed by atoms with Crippen LogP contribution in [0.25, 0.3) is 0 Å². The number of hydrogen-bond acceptors (Lipinski definition) is 5. The number of hydrogen-bond donors (Lipinski definition) is 2. The van der Waals surface area contributed by atoms with Crippen LogP contribution >= 0.6 is 11.3 Å². The van der Waals surface area contributed by atoms with Gasteiger partial charge in [-0.05, 0) is 24.0 Å². The second-order valence-electron chi connectivity index (χ2n) is 5.85. The van der Waals surface area contributed by atoms with Crippen molar-refractivity contribution in [2.75, 3.05) is 13.1 Å². The number of rotatable bonds is 6. The first-order valence-corrected chi connectivity index (χ1v) is 8.74. The Hall–Kier alpha value is -1.27. The molecule has 0 bridgehead atoms. The van der Waals surface area contributed by atoms with Gasteiger partial charge < -0.3 is 10.4 Å². The lowest BCUT2D eigenvalue weighted by atomic mass is 10.0. The summed E-state index contributed by atoms with van der Waals surface area (Å²) in [5.41, 5.74) is 4.62. The summed E-state index contributed by atoms with van der Waals surface area (Å²) in [4.78, 5) is 7.81. The average Bonchev–Trinajstić information content (AvgIpc) is 3.05. The Morgan fingerprint density at radius 1 is 1.18 bits per heavy atom. The Kier molecular flexibility index (Phi) is 5.56. The molecule has 4 nitrogen and oxygen atoms in total. The van der Waals surface area contributed by atoms with E-state index in [0.29, 0.717) is 0 Å². The molecule has 1 fully saturated rings. The lowest BCUT2D eigenvalue weighted by molar-refractivity contribution is 0.0791. The normalized spacial score (nSPS) is 17.0. The third-order valence-electron chi connectivity index (χ3n) is 4.17. The van der Waals surface area contributed by atoms with Crippen LogP contribution in [0.4, 0.5) is 0 Å². The van der Waals surface area contributed by atoms with E-state index in [-0.39, 0.29) is 6.10 Å². The molecular formula is C17H23N3OS. The Labute approximate surface area is 135 Å². The second-order valence-corrected chi connectivity index (χ2v) is 6.82. The molecule has 2 aromatic rings. The number of aliphatic hydroxyl groups is 1. The first-order valence-electron chi connectivity index (χ1n) is 7.86. The highest BCUT2D eigenvalue weighted by molar-refractivity contribution is 7.09. The fraction of sp³-hybridized carbons (Fsp3) is 0.471. The van der Waals surface area contributed by atoms with Gasteiger partial charge in [0, 0.05) is 43.8 Å². The van der Waals surface area contributed by atoms with Crippen LogP contribution in [0.5, 0.6) is 0 Å². The summed E-state index contributed by atoms with van der Waals surface area (Å²) in [7, 11) is 0. The van der Waals surface area contributed by atoms with Crippen molar-refractivity contribution >= 4 is 11.3 Å². The van der Waals surface area contributed by atoms with Gasteiger partial charge in [-0.3, -0.25) is 9.88 Å². The summed E-state index contributed by atoms with van der Waals surface area (Å²) in [5, 5.41) is 13.1. The van der Waals surface area contributed by atoms with Gasteiger partial charge in [0.15, 0.2) is 0 Å². The number of nitrogens with one attached hydrogen (secondary N) is 1. The topological polar surface area (TPSA) is 48.4 Å². The highest BCUT2D eigenvalue weighted by atomic mass is 32.1. The fourth-order valence-corrected chi connectivity index (χ4v) is 3.42. The Bertz CT molecular complexity index is 565. The van der Waals surface area contributed by atoms with E-state index in [4.69, 9.17) is 0 Å². The number of piperidine rings is 1. The largest absolute Gasteiger partial charge is 0.393 e. The molecule has 1 saturated heterocycles. The van der Waals surface area contributed by atoms with E-state index in [1.807, 2.05) is 11.7 Å². The molecule has 1 aliphatic heterocycles. The van der Waals surface area contributed by atoms with E-state index in [9.17, 15) is 5.11 Å². The molecule has 0 spiro atoms. The molecule has 1 aliphatic rings. The lowest BCUT2D eigenvalue weighted by Crippen LogP contribution is -2.35. The molecule has 118 valence electrons. The van der Waals surface area contributed by atoms with Crippen LogP contribution in [0.15, 0.2) is 36.0 Å². The Morgan fingerprint density at radius 2 is 1.95 bits per heavy atom. The van der Waals surface area contributed by atoms with Gasteiger partial charge in [-0.1, -0.05) is 24.3 Å². The van der Waals surface area contributed by atoms with E-state index in [2.05, 4.69) is 39.5 Å². The van der Waals surface area contributed by atoms with Gasteiger partial charge in [0.05, 0.1) is 11.6 Å². The zero-order chi connectivity index (χ0) is 15.2. The minimum absolute atomic E-state index is 0.104. The maximum atomic E-state index is 9.61. The van der Waals surface area contributed by atoms with Crippen molar-refractivity contribution < 1.29 is 5.11 Å². The number of likely N-dealkylation sites (tertiary alicyclic amines) is 1. The molecule has 2 N–H and O–H groups in total. The van der Waals surface area contributed by atoms with E-state index in [1.54, 1.807) is 11.3 Å². The summed E-state index contributed by atoms with van der Waals surface area (Å²) >= 11 is 1.69. The van der Waals surface area contributed by atoms with E-state index >= 15 is 0 Å². The van der Waals surface area contributed by atoms with Crippen LogP contribution in [-0.2, 0) is 19.6 Å². The molecule has 5 heteroatoms. The average molecular weight is 317 g/mol. The molecule has 1 aromatic heterocycles. The molecule has 1 aromatic carbocycles. The van der Waals surface area contributed by atoms with Crippen LogP contribution in [0.3, 0.4) is 0 Å². The number of aliphatic hydroxyl groups excluding tert-OH is 1.